The molecule has 0 unspecified atom stereocenters. The Bertz CT molecular complexity index is 1080. The zero-order chi connectivity index (χ0) is 22.6. The Kier molecular flexibility index (Phi) is 4.76. The second-order valence-corrected chi connectivity index (χ2v) is 10.3. The van der Waals surface area contributed by atoms with Crippen LogP contribution in [-0.2, 0) is 10.2 Å². The molecule has 3 saturated carbocycles. The van der Waals surface area contributed by atoms with Crippen molar-refractivity contribution >= 4 is 23.2 Å². The minimum Gasteiger partial charge on any atom is -0.481 e. The molecule has 3 aliphatic carbocycles. The van der Waals surface area contributed by atoms with E-state index in [1.807, 2.05) is 13.8 Å². The molecule has 0 radical (unpaired) electrons. The van der Waals surface area contributed by atoms with Crippen LogP contribution in [0.15, 0.2) is 35.6 Å². The molecule has 1 aromatic carbocycles. The molecule has 4 aliphatic rings. The summed E-state index contributed by atoms with van der Waals surface area (Å²) in [6.45, 7) is 3.96. The van der Waals surface area contributed by atoms with Crippen LogP contribution >= 0.6 is 0 Å². The lowest BCUT2D eigenvalue weighted by Crippen LogP contribution is -2.41. The Morgan fingerprint density at radius 3 is 2.47 bits per heavy atom. The number of carbonyl (C=O) groups is 1. The van der Waals surface area contributed by atoms with Crippen molar-refractivity contribution in [2.45, 2.75) is 76.2 Å². The number of carboxylic acids is 1. The molecule has 2 bridgehead atoms. The van der Waals surface area contributed by atoms with Crippen LogP contribution in [0.3, 0.4) is 0 Å². The van der Waals surface area contributed by atoms with Crippen LogP contribution in [0.2, 0.25) is 0 Å². The summed E-state index contributed by atoms with van der Waals surface area (Å²) in [5.74, 6) is 0.0609. The van der Waals surface area contributed by atoms with Gasteiger partial charge < -0.3 is 15.6 Å². The smallest absolute Gasteiger partial charge is 0.303 e. The maximum Gasteiger partial charge on any atom is 0.303 e. The van der Waals surface area contributed by atoms with Crippen molar-refractivity contribution < 1.29 is 14.6 Å². The summed E-state index contributed by atoms with van der Waals surface area (Å²) in [5.41, 5.74) is 9.16. The lowest BCUT2D eigenvalue weighted by atomic mass is 9.61. The van der Waals surface area contributed by atoms with Crippen LogP contribution in [-0.4, -0.2) is 32.4 Å². The number of aromatic nitrogens is 2. The third-order valence-corrected chi connectivity index (χ3v) is 7.89. The zero-order valence-corrected chi connectivity index (χ0v) is 18.7. The molecule has 0 spiro atoms. The third-order valence-electron chi connectivity index (χ3n) is 7.89. The zero-order valence-electron chi connectivity index (χ0n) is 18.7. The summed E-state index contributed by atoms with van der Waals surface area (Å²) in [6, 6.07) is 8.71. The minimum absolute atomic E-state index is 0.000636. The van der Waals surface area contributed by atoms with Crippen molar-refractivity contribution in [1.82, 2.24) is 9.97 Å². The van der Waals surface area contributed by atoms with E-state index < -0.39 is 11.6 Å². The normalized spacial score (nSPS) is 28.2. The fourth-order valence-corrected chi connectivity index (χ4v) is 6.07. The van der Waals surface area contributed by atoms with E-state index in [0.29, 0.717) is 23.8 Å². The third kappa shape index (κ3) is 3.44. The van der Waals surface area contributed by atoms with Crippen LogP contribution < -0.4 is 10.5 Å². The van der Waals surface area contributed by atoms with E-state index in [-0.39, 0.29) is 10.8 Å². The van der Waals surface area contributed by atoms with E-state index in [0.717, 1.165) is 56.2 Å². The summed E-state index contributed by atoms with van der Waals surface area (Å²) in [7, 11) is 0. The van der Waals surface area contributed by atoms with Gasteiger partial charge >= 0.3 is 5.97 Å². The number of carboxylic acid groups (broad SMARTS) is 1. The van der Waals surface area contributed by atoms with Gasteiger partial charge in [-0.05, 0) is 68.8 Å². The molecule has 6 rings (SSSR count). The highest BCUT2D eigenvalue weighted by atomic mass is 16.5. The second kappa shape index (κ2) is 7.29. The van der Waals surface area contributed by atoms with Crippen LogP contribution in [0.25, 0.3) is 0 Å². The van der Waals surface area contributed by atoms with Crippen molar-refractivity contribution in [3.8, 4) is 5.88 Å². The fraction of sp³-hybridized carbons (Fsp3) is 0.520. The van der Waals surface area contributed by atoms with Gasteiger partial charge in [0.1, 0.15) is 11.9 Å². The van der Waals surface area contributed by atoms with Crippen molar-refractivity contribution in [2.75, 3.05) is 5.73 Å². The van der Waals surface area contributed by atoms with Gasteiger partial charge in [-0.1, -0.05) is 30.7 Å². The Hall–Kier alpha value is -2.96. The Balaban J connectivity index is 1.44. The molecule has 7 nitrogen and oxygen atoms in total. The molecular formula is C25H30N4O3. The molecule has 2 heterocycles. The fourth-order valence-electron chi connectivity index (χ4n) is 6.07. The number of anilines is 1. The number of fused-ring (bicyclic) bond motifs is 5. The molecule has 1 aromatic heterocycles. The first-order chi connectivity index (χ1) is 15.2. The predicted molar refractivity (Wildman–Crippen MR) is 122 cm³/mol. The summed E-state index contributed by atoms with van der Waals surface area (Å²) >= 11 is 0. The Morgan fingerprint density at radius 2 is 1.78 bits per heavy atom. The van der Waals surface area contributed by atoms with E-state index >= 15 is 0 Å². The summed E-state index contributed by atoms with van der Waals surface area (Å²) in [6.07, 6.45) is 9.10. The van der Waals surface area contributed by atoms with E-state index in [2.05, 4.69) is 34.2 Å². The van der Waals surface area contributed by atoms with Gasteiger partial charge in [0.2, 0.25) is 5.88 Å². The van der Waals surface area contributed by atoms with E-state index in [9.17, 15) is 9.90 Å². The highest BCUT2D eigenvalue weighted by molar-refractivity contribution is 6.09. The van der Waals surface area contributed by atoms with Crippen molar-refractivity contribution in [3.63, 3.8) is 0 Å². The summed E-state index contributed by atoms with van der Waals surface area (Å²) in [5, 5.41) is 9.39. The molecule has 32 heavy (non-hydrogen) atoms. The van der Waals surface area contributed by atoms with Gasteiger partial charge in [0, 0.05) is 5.56 Å². The number of hydrogen-bond donors (Lipinski definition) is 2. The number of rotatable bonds is 4. The standard InChI is InChI=1S/C25H30N4O3/c1-23(2)20(29-19-21(26)27-15-28-22(19)32-23)16-4-6-17(7-5-16)25-9-3-8-24(10-12-25,11-13-25)14-18(30)31/h4-7,15H,3,8-14H2,1-2H3,(H,30,31)(H2,26,27,28). The Labute approximate surface area is 188 Å². The quantitative estimate of drug-likeness (QED) is 0.715. The van der Waals surface area contributed by atoms with Crippen molar-refractivity contribution in [2.24, 2.45) is 10.4 Å². The molecule has 0 amide bonds. The summed E-state index contributed by atoms with van der Waals surface area (Å²) in [4.78, 5) is 24.4. The van der Waals surface area contributed by atoms with Gasteiger partial charge in [-0.2, -0.15) is 4.98 Å². The SMILES string of the molecule is CC1(C)Oc2ncnc(N)c2N=C1c1ccc(C23CCCC(CC(=O)O)(CC2)CC3)cc1. The van der Waals surface area contributed by atoms with Gasteiger partial charge in [-0.3, -0.25) is 4.79 Å². The molecule has 1 aliphatic heterocycles. The number of benzene rings is 1. The number of nitrogens with zero attached hydrogens (tertiary/aromatic N) is 3. The van der Waals surface area contributed by atoms with Crippen LogP contribution in [0.4, 0.5) is 11.5 Å². The van der Waals surface area contributed by atoms with E-state index in [4.69, 9.17) is 15.5 Å². The van der Waals surface area contributed by atoms with Gasteiger partial charge in [0.25, 0.3) is 0 Å². The minimum atomic E-state index is -0.658. The molecular weight excluding hydrogens is 404 g/mol. The molecule has 0 saturated heterocycles. The molecule has 3 N–H and O–H groups in total. The average Bonchev–Trinajstić information content (AvgIpc) is 3.03. The summed E-state index contributed by atoms with van der Waals surface area (Å²) < 4.78 is 6.11. The maximum absolute atomic E-state index is 11.4. The number of hydrogen-bond acceptors (Lipinski definition) is 6. The van der Waals surface area contributed by atoms with Gasteiger partial charge in [-0.25, -0.2) is 9.98 Å². The topological polar surface area (TPSA) is 111 Å². The molecule has 168 valence electrons. The highest BCUT2D eigenvalue weighted by Gasteiger charge is 2.47. The molecule has 3 fully saturated rings. The van der Waals surface area contributed by atoms with Crippen LogP contribution in [0, 0.1) is 5.41 Å². The monoisotopic (exact) mass is 434 g/mol. The first-order valence-electron chi connectivity index (χ1n) is 11.4. The van der Waals surface area contributed by atoms with Gasteiger partial charge in [-0.15, -0.1) is 0 Å². The first-order valence-corrected chi connectivity index (χ1v) is 11.4. The van der Waals surface area contributed by atoms with E-state index in [1.54, 1.807) is 0 Å². The lowest BCUT2D eigenvalue weighted by Gasteiger charge is -2.43. The maximum atomic E-state index is 11.4. The number of ether oxygens (including phenoxy) is 1. The van der Waals surface area contributed by atoms with Crippen LogP contribution in [0.5, 0.6) is 5.88 Å². The largest absolute Gasteiger partial charge is 0.481 e. The predicted octanol–water partition coefficient (Wildman–Crippen LogP) is 4.81. The average molecular weight is 435 g/mol. The number of nitrogens with two attached hydrogens (primary N) is 1. The molecule has 0 atom stereocenters. The molecule has 2 aromatic rings. The second-order valence-electron chi connectivity index (χ2n) is 10.3. The molecule has 7 heteroatoms. The van der Waals surface area contributed by atoms with Crippen LogP contribution in [0.1, 0.15) is 76.3 Å². The highest BCUT2D eigenvalue weighted by Crippen LogP contribution is 2.56. The first kappa shape index (κ1) is 20.9. The van der Waals surface area contributed by atoms with Crippen molar-refractivity contribution in [1.29, 1.82) is 0 Å². The Morgan fingerprint density at radius 1 is 1.06 bits per heavy atom. The number of aliphatic imine (C=N–C) groups is 1. The lowest BCUT2D eigenvalue weighted by molar-refractivity contribution is -0.140. The van der Waals surface area contributed by atoms with E-state index in [1.165, 1.54) is 11.9 Å². The number of aliphatic carboxylic acids is 1. The van der Waals surface area contributed by atoms with Crippen molar-refractivity contribution in [3.05, 3.63) is 41.7 Å². The number of nitrogen functional groups attached to an aromatic ring is 1. The van der Waals surface area contributed by atoms with Gasteiger partial charge in [0.05, 0.1) is 12.1 Å². The van der Waals surface area contributed by atoms with Gasteiger partial charge in [0.15, 0.2) is 11.5 Å².